The Morgan fingerprint density at radius 2 is 0.818 bits per heavy atom. The summed E-state index contributed by atoms with van der Waals surface area (Å²) in [5.74, 6) is 0. The molecule has 0 spiro atoms. The van der Waals surface area contributed by atoms with E-state index in [2.05, 4.69) is 133 Å². The first-order chi connectivity index (χ1) is 21.8. The lowest BCUT2D eigenvalue weighted by molar-refractivity contribution is 0.669. The Morgan fingerprint density at radius 1 is 0.295 bits per heavy atom. The van der Waals surface area contributed by atoms with Crippen LogP contribution in [-0.4, -0.2) is 0 Å². The van der Waals surface area contributed by atoms with Gasteiger partial charge in [-0.05, 0) is 85.6 Å². The summed E-state index contributed by atoms with van der Waals surface area (Å²) in [6.45, 7) is 0. The van der Waals surface area contributed by atoms with Crippen LogP contribution in [0, 0.1) is 0 Å². The second kappa shape index (κ2) is 8.82. The highest BCUT2D eigenvalue weighted by Gasteiger charge is 2.19. The summed E-state index contributed by atoms with van der Waals surface area (Å²) in [6, 6.07) is 52.0. The van der Waals surface area contributed by atoms with Crippen LogP contribution in [-0.2, 0) is 0 Å². The standard InChI is InChI=1S/C42H24O2/c1-2-10-28-25(9-1)17-21-35-30-20-18-27(24-39(30)44-42(28)35)41-33-14-5-3-12-31(33)40(32-13-4-6-15-34(32)41)26-19-22-38-36(23-26)29-11-7-8-16-37(29)43-38/h1-24H. The van der Waals surface area contributed by atoms with Crippen molar-refractivity contribution in [3.8, 4) is 22.3 Å². The summed E-state index contributed by atoms with van der Waals surface area (Å²) in [5, 5.41) is 11.8. The van der Waals surface area contributed by atoms with Crippen molar-refractivity contribution < 1.29 is 8.83 Å². The Hall–Kier alpha value is -5.86. The molecule has 2 nitrogen and oxygen atoms in total. The molecule has 0 bridgehead atoms. The molecule has 2 heterocycles. The summed E-state index contributed by atoms with van der Waals surface area (Å²) < 4.78 is 12.8. The van der Waals surface area contributed by atoms with Gasteiger partial charge in [0.15, 0.2) is 0 Å². The van der Waals surface area contributed by atoms with Crippen LogP contribution < -0.4 is 0 Å². The van der Waals surface area contributed by atoms with Crippen molar-refractivity contribution >= 4 is 76.2 Å². The highest BCUT2D eigenvalue weighted by atomic mass is 16.3. The maximum atomic E-state index is 6.60. The number of para-hydroxylation sites is 1. The second-order valence-corrected chi connectivity index (χ2v) is 11.6. The fraction of sp³-hybridized carbons (Fsp3) is 0. The number of fused-ring (bicyclic) bond motifs is 10. The maximum absolute atomic E-state index is 6.60. The predicted octanol–water partition coefficient (Wildman–Crippen LogP) is 12.3. The molecule has 0 fully saturated rings. The minimum absolute atomic E-state index is 0.906. The molecule has 0 unspecified atom stereocenters. The van der Waals surface area contributed by atoms with E-state index < -0.39 is 0 Å². The third-order valence-electron chi connectivity index (χ3n) is 9.25. The first-order valence-electron chi connectivity index (χ1n) is 15.0. The van der Waals surface area contributed by atoms with Gasteiger partial charge < -0.3 is 8.83 Å². The van der Waals surface area contributed by atoms with Crippen LogP contribution in [0.2, 0.25) is 0 Å². The number of hydrogen-bond acceptors (Lipinski definition) is 2. The highest BCUT2D eigenvalue weighted by Crippen LogP contribution is 2.46. The lowest BCUT2D eigenvalue weighted by Crippen LogP contribution is -1.90. The van der Waals surface area contributed by atoms with Crippen molar-refractivity contribution in [2.75, 3.05) is 0 Å². The van der Waals surface area contributed by atoms with E-state index in [0.29, 0.717) is 0 Å². The molecule has 0 N–H and O–H groups in total. The van der Waals surface area contributed by atoms with Crippen LogP contribution in [0.3, 0.4) is 0 Å². The van der Waals surface area contributed by atoms with Crippen molar-refractivity contribution in [2.24, 2.45) is 0 Å². The molecule has 10 aromatic rings. The Labute approximate surface area is 252 Å². The molecule has 0 saturated heterocycles. The minimum Gasteiger partial charge on any atom is -0.456 e. The van der Waals surface area contributed by atoms with E-state index >= 15 is 0 Å². The lowest BCUT2D eigenvalue weighted by atomic mass is 9.85. The maximum Gasteiger partial charge on any atom is 0.143 e. The molecule has 8 aromatic carbocycles. The Morgan fingerprint density at radius 3 is 1.55 bits per heavy atom. The largest absolute Gasteiger partial charge is 0.456 e. The average molecular weight is 561 g/mol. The summed E-state index contributed by atoms with van der Waals surface area (Å²) >= 11 is 0. The molecular weight excluding hydrogens is 536 g/mol. The minimum atomic E-state index is 0.906. The van der Waals surface area contributed by atoms with Crippen molar-refractivity contribution in [1.29, 1.82) is 0 Å². The van der Waals surface area contributed by atoms with Gasteiger partial charge in [-0.25, -0.2) is 0 Å². The van der Waals surface area contributed by atoms with E-state index in [-0.39, 0.29) is 0 Å². The van der Waals surface area contributed by atoms with Gasteiger partial charge in [0, 0.05) is 26.9 Å². The van der Waals surface area contributed by atoms with E-state index in [1.54, 1.807) is 0 Å². The van der Waals surface area contributed by atoms with Gasteiger partial charge in [0.1, 0.15) is 22.3 Å². The van der Waals surface area contributed by atoms with Crippen molar-refractivity contribution in [2.45, 2.75) is 0 Å². The summed E-state index contributed by atoms with van der Waals surface area (Å²) in [4.78, 5) is 0. The van der Waals surface area contributed by atoms with Crippen LogP contribution in [0.4, 0.5) is 0 Å². The van der Waals surface area contributed by atoms with Crippen LogP contribution in [0.5, 0.6) is 0 Å². The molecular formula is C42H24O2. The van der Waals surface area contributed by atoms with Crippen LogP contribution in [0.25, 0.3) is 98.4 Å². The number of benzene rings is 8. The molecule has 2 heteroatoms. The van der Waals surface area contributed by atoms with E-state index in [0.717, 1.165) is 54.8 Å². The second-order valence-electron chi connectivity index (χ2n) is 11.6. The van der Waals surface area contributed by atoms with Gasteiger partial charge in [0.05, 0.1) is 0 Å². The number of hydrogen-bond donors (Lipinski definition) is 0. The smallest absolute Gasteiger partial charge is 0.143 e. The zero-order chi connectivity index (χ0) is 28.8. The molecule has 2 aromatic heterocycles. The molecule has 44 heavy (non-hydrogen) atoms. The Balaban J connectivity index is 1.26. The third kappa shape index (κ3) is 3.25. The molecule has 0 atom stereocenters. The Kier molecular flexibility index (Phi) is 4.75. The van der Waals surface area contributed by atoms with Crippen molar-refractivity contribution in [3.05, 3.63) is 146 Å². The Bertz CT molecular complexity index is 2720. The van der Waals surface area contributed by atoms with Crippen LogP contribution in [0.1, 0.15) is 0 Å². The number of furan rings is 2. The van der Waals surface area contributed by atoms with Gasteiger partial charge in [-0.1, -0.05) is 109 Å². The first-order valence-corrected chi connectivity index (χ1v) is 15.0. The van der Waals surface area contributed by atoms with Gasteiger partial charge >= 0.3 is 0 Å². The predicted molar refractivity (Wildman–Crippen MR) is 184 cm³/mol. The van der Waals surface area contributed by atoms with Gasteiger partial charge in [0.2, 0.25) is 0 Å². The zero-order valence-electron chi connectivity index (χ0n) is 23.7. The molecule has 0 aliphatic rings. The van der Waals surface area contributed by atoms with Gasteiger partial charge in [-0.2, -0.15) is 0 Å². The fourth-order valence-electron chi connectivity index (χ4n) is 7.29. The molecule has 0 saturated carbocycles. The van der Waals surface area contributed by atoms with Crippen molar-refractivity contribution in [3.63, 3.8) is 0 Å². The van der Waals surface area contributed by atoms with E-state index in [1.807, 2.05) is 12.1 Å². The number of rotatable bonds is 2. The normalized spacial score (nSPS) is 12.1. The summed E-state index contributed by atoms with van der Waals surface area (Å²) in [6.07, 6.45) is 0. The fourth-order valence-corrected chi connectivity index (χ4v) is 7.29. The first kappa shape index (κ1) is 23.7. The van der Waals surface area contributed by atoms with Crippen molar-refractivity contribution in [1.82, 2.24) is 0 Å². The molecule has 0 radical (unpaired) electrons. The summed E-state index contributed by atoms with van der Waals surface area (Å²) in [5.41, 5.74) is 8.47. The SMILES string of the molecule is c1ccc2c(c1)ccc1c3ccc(-c4c5ccccc5c(-c5ccc6oc7ccccc7c6c5)c5ccccc45)cc3oc21. The van der Waals surface area contributed by atoms with E-state index in [9.17, 15) is 0 Å². The lowest BCUT2D eigenvalue weighted by Gasteiger charge is -2.17. The van der Waals surface area contributed by atoms with Gasteiger partial charge in [0.25, 0.3) is 0 Å². The van der Waals surface area contributed by atoms with Crippen LogP contribution in [0.15, 0.2) is 154 Å². The monoisotopic (exact) mass is 560 g/mol. The molecule has 0 amide bonds. The van der Waals surface area contributed by atoms with Gasteiger partial charge in [-0.3, -0.25) is 0 Å². The topological polar surface area (TPSA) is 26.3 Å². The molecule has 0 aliphatic carbocycles. The summed E-state index contributed by atoms with van der Waals surface area (Å²) in [7, 11) is 0. The third-order valence-corrected chi connectivity index (χ3v) is 9.25. The molecule has 204 valence electrons. The van der Waals surface area contributed by atoms with Crippen LogP contribution >= 0.6 is 0 Å². The quantitative estimate of drug-likeness (QED) is 0.197. The van der Waals surface area contributed by atoms with E-state index in [4.69, 9.17) is 8.83 Å². The zero-order valence-corrected chi connectivity index (χ0v) is 23.7. The average Bonchev–Trinajstić information content (AvgIpc) is 3.65. The molecule has 0 aliphatic heterocycles. The van der Waals surface area contributed by atoms with Gasteiger partial charge in [-0.15, -0.1) is 0 Å². The highest BCUT2D eigenvalue weighted by molar-refractivity contribution is 6.23. The molecule has 10 rings (SSSR count). The van der Waals surface area contributed by atoms with E-state index in [1.165, 1.54) is 43.6 Å².